The van der Waals surface area contributed by atoms with Gasteiger partial charge >= 0.3 is 6.01 Å². The van der Waals surface area contributed by atoms with Gasteiger partial charge in [-0.2, -0.15) is 0 Å². The number of imide groups is 1. The molecule has 1 aliphatic carbocycles. The van der Waals surface area contributed by atoms with Crippen molar-refractivity contribution >= 4 is 17.5 Å². The average Bonchev–Trinajstić information content (AvgIpc) is 3.36. The molecule has 3 heterocycles. The van der Waals surface area contributed by atoms with Crippen LogP contribution in [-0.2, 0) is 26.5 Å². The number of anilines is 1. The van der Waals surface area contributed by atoms with Crippen LogP contribution in [0.4, 0.5) is 5.69 Å². The number of carbonyl (C=O) groups excluding carboxylic acids is 2. The van der Waals surface area contributed by atoms with Gasteiger partial charge in [0.2, 0.25) is 11.8 Å². The Labute approximate surface area is 169 Å². The summed E-state index contributed by atoms with van der Waals surface area (Å²) >= 11 is 0. The number of aromatic nitrogens is 2. The molecule has 5 rings (SSSR count). The van der Waals surface area contributed by atoms with Crippen LogP contribution >= 0.6 is 0 Å². The third kappa shape index (κ3) is 2.92. The average molecular weight is 393 g/mol. The lowest BCUT2D eigenvalue weighted by molar-refractivity contribution is -0.124. The van der Waals surface area contributed by atoms with Crippen LogP contribution in [0.1, 0.15) is 57.1 Å². The number of fused-ring (bicyclic) bond motifs is 2. The molecular formula is C22H23N3O4. The molecule has 1 aromatic carbocycles. The summed E-state index contributed by atoms with van der Waals surface area (Å²) in [5, 5.41) is 0. The number of hydrogen-bond acceptors (Lipinski definition) is 6. The number of amides is 2. The maximum Gasteiger partial charge on any atom is 0.322 e. The third-order valence-corrected chi connectivity index (χ3v) is 6.19. The van der Waals surface area contributed by atoms with Gasteiger partial charge in [-0.3, -0.25) is 9.59 Å². The summed E-state index contributed by atoms with van der Waals surface area (Å²) in [6.07, 6.45) is 7.54. The van der Waals surface area contributed by atoms with Gasteiger partial charge in [0.1, 0.15) is 5.75 Å². The highest BCUT2D eigenvalue weighted by atomic mass is 16.5. The summed E-state index contributed by atoms with van der Waals surface area (Å²) in [7, 11) is 0. The van der Waals surface area contributed by atoms with Gasteiger partial charge in [0.15, 0.2) is 0 Å². The minimum absolute atomic E-state index is 0.164. The van der Waals surface area contributed by atoms with Crippen molar-refractivity contribution in [1.29, 1.82) is 0 Å². The van der Waals surface area contributed by atoms with Gasteiger partial charge in [-0.15, -0.1) is 0 Å². The van der Waals surface area contributed by atoms with E-state index in [1.807, 2.05) is 18.2 Å². The molecule has 0 bridgehead atoms. The highest BCUT2D eigenvalue weighted by molar-refractivity contribution is 6.22. The van der Waals surface area contributed by atoms with Gasteiger partial charge < -0.3 is 9.47 Å². The molecule has 3 aliphatic rings. The largest absolute Gasteiger partial charge is 0.424 e. The van der Waals surface area contributed by atoms with E-state index in [9.17, 15) is 9.59 Å². The summed E-state index contributed by atoms with van der Waals surface area (Å²) in [5.74, 6) is 0.181. The predicted molar refractivity (Wildman–Crippen MR) is 104 cm³/mol. The molecule has 0 atom stereocenters. The molecule has 2 aromatic rings. The molecule has 0 unspecified atom stereocenters. The first-order chi connectivity index (χ1) is 13.9. The normalized spacial score (nSPS) is 21.8. The molecule has 2 aliphatic heterocycles. The van der Waals surface area contributed by atoms with E-state index in [1.54, 1.807) is 13.8 Å². The molecule has 1 spiro atoms. The predicted octanol–water partition coefficient (Wildman–Crippen LogP) is 3.86. The Balaban J connectivity index is 1.36. The van der Waals surface area contributed by atoms with Crippen molar-refractivity contribution < 1.29 is 19.1 Å². The van der Waals surface area contributed by atoms with Crippen LogP contribution in [-0.4, -0.2) is 21.8 Å². The molecular weight excluding hydrogens is 370 g/mol. The van der Waals surface area contributed by atoms with Crippen molar-refractivity contribution in [2.45, 2.75) is 58.2 Å². The zero-order valence-corrected chi connectivity index (χ0v) is 16.6. The van der Waals surface area contributed by atoms with E-state index in [0.717, 1.165) is 17.7 Å². The van der Waals surface area contributed by atoms with Crippen molar-refractivity contribution in [2.24, 2.45) is 5.41 Å². The number of nitrogens with zero attached hydrogens (tertiary/aromatic N) is 3. The van der Waals surface area contributed by atoms with Crippen molar-refractivity contribution in [1.82, 2.24) is 9.97 Å². The highest BCUT2D eigenvalue weighted by Gasteiger charge is 2.46. The van der Waals surface area contributed by atoms with E-state index in [2.05, 4.69) is 9.97 Å². The quantitative estimate of drug-likeness (QED) is 0.737. The summed E-state index contributed by atoms with van der Waals surface area (Å²) in [5.41, 5.74) is 1.92. The fourth-order valence-electron chi connectivity index (χ4n) is 4.62. The molecule has 0 radical (unpaired) electrons. The van der Waals surface area contributed by atoms with Crippen LogP contribution in [0.2, 0.25) is 0 Å². The zero-order valence-electron chi connectivity index (χ0n) is 16.6. The van der Waals surface area contributed by atoms with Crippen molar-refractivity contribution in [3.05, 3.63) is 41.7 Å². The van der Waals surface area contributed by atoms with Crippen molar-refractivity contribution in [2.75, 3.05) is 4.90 Å². The summed E-state index contributed by atoms with van der Waals surface area (Å²) in [6.45, 7) is 4.18. The van der Waals surface area contributed by atoms with E-state index >= 15 is 0 Å². The molecule has 7 nitrogen and oxygen atoms in total. The molecule has 29 heavy (non-hydrogen) atoms. The highest BCUT2D eigenvalue weighted by Crippen LogP contribution is 2.49. The lowest BCUT2D eigenvalue weighted by atomic mass is 9.91. The van der Waals surface area contributed by atoms with Gasteiger partial charge in [-0.05, 0) is 36.1 Å². The smallest absolute Gasteiger partial charge is 0.322 e. The Morgan fingerprint density at radius 2 is 1.83 bits per heavy atom. The van der Waals surface area contributed by atoms with Crippen LogP contribution < -0.4 is 9.64 Å². The molecule has 2 amide bonds. The van der Waals surface area contributed by atoms with E-state index in [-0.39, 0.29) is 29.8 Å². The van der Waals surface area contributed by atoms with Crippen LogP contribution in [0.25, 0.3) is 0 Å². The SMILES string of the molecule is CC1(C)CC(=O)N(c2cnc(Oc3ccc4c(c3)C3(CCCC3)OC4)nc2)C1=O. The molecule has 7 heteroatoms. The lowest BCUT2D eigenvalue weighted by Gasteiger charge is -2.23. The lowest BCUT2D eigenvalue weighted by Crippen LogP contribution is -2.33. The number of carbonyl (C=O) groups is 2. The second kappa shape index (κ2) is 6.35. The fraction of sp³-hybridized carbons (Fsp3) is 0.455. The summed E-state index contributed by atoms with van der Waals surface area (Å²) < 4.78 is 12.0. The Morgan fingerprint density at radius 1 is 1.10 bits per heavy atom. The minimum atomic E-state index is -0.699. The monoisotopic (exact) mass is 393 g/mol. The number of benzene rings is 1. The third-order valence-electron chi connectivity index (χ3n) is 6.19. The Kier molecular flexibility index (Phi) is 4.00. The van der Waals surface area contributed by atoms with E-state index in [4.69, 9.17) is 9.47 Å². The van der Waals surface area contributed by atoms with Crippen LogP contribution in [0.5, 0.6) is 11.8 Å². The van der Waals surface area contributed by atoms with Gasteiger partial charge in [-0.1, -0.05) is 32.8 Å². The summed E-state index contributed by atoms with van der Waals surface area (Å²) in [6, 6.07) is 6.13. The Bertz CT molecular complexity index is 994. The number of hydrogen-bond donors (Lipinski definition) is 0. The number of ether oxygens (including phenoxy) is 2. The minimum Gasteiger partial charge on any atom is -0.424 e. The van der Waals surface area contributed by atoms with Gasteiger partial charge in [0, 0.05) is 6.42 Å². The molecule has 150 valence electrons. The fourth-order valence-corrected chi connectivity index (χ4v) is 4.62. The summed E-state index contributed by atoms with van der Waals surface area (Å²) in [4.78, 5) is 34.2. The van der Waals surface area contributed by atoms with Crippen LogP contribution in [0.15, 0.2) is 30.6 Å². The first kappa shape index (κ1) is 18.2. The molecule has 1 aromatic heterocycles. The Morgan fingerprint density at radius 3 is 2.48 bits per heavy atom. The van der Waals surface area contributed by atoms with Gasteiger partial charge in [0.25, 0.3) is 0 Å². The first-order valence-electron chi connectivity index (χ1n) is 10.0. The molecule has 0 N–H and O–H groups in total. The number of rotatable bonds is 3. The molecule has 2 fully saturated rings. The van der Waals surface area contributed by atoms with Crippen molar-refractivity contribution in [3.63, 3.8) is 0 Å². The van der Waals surface area contributed by atoms with E-state index in [1.165, 1.54) is 36.4 Å². The Hall–Kier alpha value is -2.80. The second-order valence-corrected chi connectivity index (χ2v) is 8.73. The maximum atomic E-state index is 12.5. The standard InChI is InChI=1S/C22H23N3O4/c1-21(2)10-18(26)25(19(21)27)15-11-23-20(24-12-15)29-16-6-5-14-13-28-22(17(14)9-16)7-3-4-8-22/h5-6,9,11-12H,3-4,7-8,10,13H2,1-2H3. The van der Waals surface area contributed by atoms with E-state index in [0.29, 0.717) is 18.0 Å². The van der Waals surface area contributed by atoms with Crippen LogP contribution in [0.3, 0.4) is 0 Å². The molecule has 1 saturated carbocycles. The first-order valence-corrected chi connectivity index (χ1v) is 10.0. The zero-order chi connectivity index (χ0) is 20.2. The topological polar surface area (TPSA) is 81.6 Å². The van der Waals surface area contributed by atoms with Crippen molar-refractivity contribution in [3.8, 4) is 11.8 Å². The molecule has 1 saturated heterocycles. The van der Waals surface area contributed by atoms with Gasteiger partial charge in [-0.25, -0.2) is 14.9 Å². The maximum absolute atomic E-state index is 12.5. The second-order valence-electron chi connectivity index (χ2n) is 8.73. The van der Waals surface area contributed by atoms with E-state index < -0.39 is 5.41 Å². The van der Waals surface area contributed by atoms with Gasteiger partial charge in [0.05, 0.1) is 35.7 Å². The van der Waals surface area contributed by atoms with Crippen LogP contribution in [0, 0.1) is 5.41 Å².